The van der Waals surface area contributed by atoms with E-state index in [9.17, 15) is 8.42 Å². The number of nitrogens with zero attached hydrogens (tertiary/aromatic N) is 3. The summed E-state index contributed by atoms with van der Waals surface area (Å²) in [4.78, 5) is 4.58. The number of rotatable bonds is 8. The summed E-state index contributed by atoms with van der Waals surface area (Å²) < 4.78 is 24.4. The molecule has 2 aromatic rings. The van der Waals surface area contributed by atoms with Crippen molar-refractivity contribution in [2.45, 2.75) is 32.9 Å². The molecule has 7 nitrogen and oxygen atoms in total. The van der Waals surface area contributed by atoms with Crippen LogP contribution in [0.2, 0.25) is 0 Å². The van der Waals surface area contributed by atoms with Crippen molar-refractivity contribution >= 4 is 15.8 Å². The van der Waals surface area contributed by atoms with Gasteiger partial charge in [-0.2, -0.15) is 5.10 Å². The van der Waals surface area contributed by atoms with Crippen molar-refractivity contribution < 1.29 is 8.42 Å². The molecular weight excluding hydrogens is 350 g/mol. The number of nitrogens with one attached hydrogen (secondary N) is 2. The van der Waals surface area contributed by atoms with E-state index >= 15 is 0 Å². The van der Waals surface area contributed by atoms with Gasteiger partial charge in [-0.05, 0) is 44.0 Å². The van der Waals surface area contributed by atoms with E-state index in [0.29, 0.717) is 18.9 Å². The first kappa shape index (κ1) is 20.0. The SMILES string of the molecule is CCNC(=NCc1ccc(-n2cccn2)cc1)NC(C)CCS(C)(=O)=O. The lowest BCUT2D eigenvalue weighted by atomic mass is 10.2. The van der Waals surface area contributed by atoms with Crippen molar-refractivity contribution in [1.29, 1.82) is 0 Å². The third kappa shape index (κ3) is 6.87. The minimum absolute atomic E-state index is 0.0183. The van der Waals surface area contributed by atoms with Crippen LogP contribution in [0.15, 0.2) is 47.7 Å². The van der Waals surface area contributed by atoms with E-state index in [1.807, 2.05) is 55.1 Å². The first-order valence-corrected chi connectivity index (χ1v) is 10.7. The Morgan fingerprint density at radius 2 is 2.04 bits per heavy atom. The van der Waals surface area contributed by atoms with E-state index < -0.39 is 9.84 Å². The molecule has 0 fully saturated rings. The fraction of sp³-hybridized carbons (Fsp3) is 0.444. The van der Waals surface area contributed by atoms with Crippen LogP contribution in [0.5, 0.6) is 0 Å². The van der Waals surface area contributed by atoms with E-state index in [1.54, 1.807) is 6.20 Å². The maximum Gasteiger partial charge on any atom is 0.191 e. The summed E-state index contributed by atoms with van der Waals surface area (Å²) in [6.45, 7) is 5.23. The van der Waals surface area contributed by atoms with Gasteiger partial charge in [-0.25, -0.2) is 18.1 Å². The van der Waals surface area contributed by atoms with Gasteiger partial charge in [0.1, 0.15) is 9.84 Å². The summed E-state index contributed by atoms with van der Waals surface area (Å²) in [6.07, 6.45) is 5.45. The molecule has 0 aliphatic heterocycles. The number of aliphatic imine (C=N–C) groups is 1. The van der Waals surface area contributed by atoms with Gasteiger partial charge in [-0.1, -0.05) is 12.1 Å². The van der Waals surface area contributed by atoms with Crippen LogP contribution in [0.3, 0.4) is 0 Å². The summed E-state index contributed by atoms with van der Waals surface area (Å²) in [6, 6.07) is 9.97. The van der Waals surface area contributed by atoms with Crippen LogP contribution in [0.25, 0.3) is 5.69 Å². The van der Waals surface area contributed by atoms with Gasteiger partial charge in [-0.15, -0.1) is 0 Å². The largest absolute Gasteiger partial charge is 0.357 e. The molecule has 0 amide bonds. The van der Waals surface area contributed by atoms with Gasteiger partial charge in [0.2, 0.25) is 0 Å². The molecule has 0 spiro atoms. The Labute approximate surface area is 155 Å². The highest BCUT2D eigenvalue weighted by atomic mass is 32.2. The molecule has 0 aliphatic rings. The summed E-state index contributed by atoms with van der Waals surface area (Å²) in [5.41, 5.74) is 2.09. The van der Waals surface area contributed by atoms with Gasteiger partial charge < -0.3 is 10.6 Å². The molecule has 0 saturated carbocycles. The Morgan fingerprint density at radius 3 is 2.62 bits per heavy atom. The van der Waals surface area contributed by atoms with Gasteiger partial charge in [-0.3, -0.25) is 0 Å². The zero-order valence-corrected chi connectivity index (χ0v) is 16.3. The molecule has 1 atom stereocenters. The average molecular weight is 378 g/mol. The third-order valence-corrected chi connectivity index (χ3v) is 4.75. The summed E-state index contributed by atoms with van der Waals surface area (Å²) in [7, 11) is -2.95. The van der Waals surface area contributed by atoms with Crippen molar-refractivity contribution in [2.75, 3.05) is 18.6 Å². The molecule has 8 heteroatoms. The Morgan fingerprint density at radius 1 is 1.31 bits per heavy atom. The molecule has 2 N–H and O–H groups in total. The Kier molecular flexibility index (Phi) is 7.20. The molecule has 2 rings (SSSR count). The molecule has 1 unspecified atom stereocenters. The number of hydrogen-bond donors (Lipinski definition) is 2. The Bertz CT molecular complexity index is 799. The number of benzene rings is 1. The number of aromatic nitrogens is 2. The molecule has 1 aromatic carbocycles. The second-order valence-corrected chi connectivity index (χ2v) is 8.54. The van der Waals surface area contributed by atoms with Crippen LogP contribution < -0.4 is 10.6 Å². The molecule has 0 aliphatic carbocycles. The van der Waals surface area contributed by atoms with E-state index in [4.69, 9.17) is 0 Å². The fourth-order valence-electron chi connectivity index (χ4n) is 2.36. The zero-order chi connectivity index (χ0) is 19.0. The van der Waals surface area contributed by atoms with Gasteiger partial charge in [0.25, 0.3) is 0 Å². The van der Waals surface area contributed by atoms with Crippen molar-refractivity contribution in [3.05, 3.63) is 48.3 Å². The summed E-state index contributed by atoms with van der Waals surface area (Å²) >= 11 is 0. The monoisotopic (exact) mass is 377 g/mol. The van der Waals surface area contributed by atoms with Crippen LogP contribution >= 0.6 is 0 Å². The highest BCUT2D eigenvalue weighted by Crippen LogP contribution is 2.09. The Balaban J connectivity index is 1.95. The van der Waals surface area contributed by atoms with Crippen molar-refractivity contribution in [2.24, 2.45) is 4.99 Å². The van der Waals surface area contributed by atoms with Crippen LogP contribution in [0, 0.1) is 0 Å². The van der Waals surface area contributed by atoms with Crippen LogP contribution in [0.1, 0.15) is 25.8 Å². The lowest BCUT2D eigenvalue weighted by molar-refractivity contribution is 0.581. The molecule has 26 heavy (non-hydrogen) atoms. The first-order chi connectivity index (χ1) is 12.4. The molecule has 1 aromatic heterocycles. The zero-order valence-electron chi connectivity index (χ0n) is 15.5. The third-order valence-electron chi connectivity index (χ3n) is 3.77. The van der Waals surface area contributed by atoms with Gasteiger partial charge in [0, 0.05) is 31.2 Å². The van der Waals surface area contributed by atoms with Gasteiger partial charge >= 0.3 is 0 Å². The number of sulfone groups is 1. The quantitative estimate of drug-likeness (QED) is 0.540. The normalized spacial score (nSPS) is 13.4. The van der Waals surface area contributed by atoms with E-state index in [1.165, 1.54) is 6.26 Å². The van der Waals surface area contributed by atoms with E-state index in [2.05, 4.69) is 20.7 Å². The number of hydrogen-bond acceptors (Lipinski definition) is 4. The maximum absolute atomic E-state index is 11.3. The van der Waals surface area contributed by atoms with Gasteiger partial charge in [0.15, 0.2) is 5.96 Å². The van der Waals surface area contributed by atoms with Crippen molar-refractivity contribution in [1.82, 2.24) is 20.4 Å². The van der Waals surface area contributed by atoms with Crippen LogP contribution in [-0.4, -0.2) is 48.8 Å². The lowest BCUT2D eigenvalue weighted by Crippen LogP contribution is -2.42. The molecule has 1 heterocycles. The van der Waals surface area contributed by atoms with Gasteiger partial charge in [0.05, 0.1) is 18.0 Å². The maximum atomic E-state index is 11.3. The smallest absolute Gasteiger partial charge is 0.191 e. The molecule has 0 bridgehead atoms. The van der Waals surface area contributed by atoms with E-state index in [0.717, 1.165) is 17.8 Å². The van der Waals surface area contributed by atoms with Crippen LogP contribution in [0.4, 0.5) is 0 Å². The predicted molar refractivity (Wildman–Crippen MR) is 105 cm³/mol. The van der Waals surface area contributed by atoms with Crippen molar-refractivity contribution in [3.63, 3.8) is 0 Å². The highest BCUT2D eigenvalue weighted by Gasteiger charge is 2.09. The highest BCUT2D eigenvalue weighted by molar-refractivity contribution is 7.90. The van der Waals surface area contributed by atoms with E-state index in [-0.39, 0.29) is 11.8 Å². The second-order valence-electron chi connectivity index (χ2n) is 6.28. The molecule has 0 saturated heterocycles. The summed E-state index contributed by atoms with van der Waals surface area (Å²) in [5.74, 6) is 0.847. The molecule has 0 radical (unpaired) electrons. The lowest BCUT2D eigenvalue weighted by Gasteiger charge is -2.17. The standard InChI is InChI=1S/C18H27N5O2S/c1-4-19-18(22-15(2)10-13-26(3,24)25)20-14-16-6-8-17(9-7-16)23-12-5-11-21-23/h5-9,11-12,15H,4,10,13-14H2,1-3H3,(H2,19,20,22). The average Bonchev–Trinajstić information content (AvgIpc) is 3.12. The fourth-order valence-corrected chi connectivity index (χ4v) is 3.14. The topological polar surface area (TPSA) is 88.4 Å². The Hall–Kier alpha value is -2.35. The molecule has 142 valence electrons. The predicted octanol–water partition coefficient (Wildman–Crippen LogP) is 1.75. The first-order valence-electron chi connectivity index (χ1n) is 8.69. The van der Waals surface area contributed by atoms with Crippen molar-refractivity contribution in [3.8, 4) is 5.69 Å². The second kappa shape index (κ2) is 9.38. The minimum Gasteiger partial charge on any atom is -0.357 e. The summed E-state index contributed by atoms with van der Waals surface area (Å²) in [5, 5.41) is 10.7. The minimum atomic E-state index is -2.95. The van der Waals surface area contributed by atoms with Crippen LogP contribution in [-0.2, 0) is 16.4 Å². The number of guanidine groups is 1. The molecular formula is C18H27N5O2S.